The SMILES string of the molecule is CC(C)(C)OC(=O)N1CCC(C(=O)N2CCc3cc(N4CCCC4)ccc32)CC1. The molecule has 1 aromatic carbocycles. The lowest BCUT2D eigenvalue weighted by atomic mass is 9.95. The summed E-state index contributed by atoms with van der Waals surface area (Å²) in [7, 11) is 0. The molecule has 1 aromatic rings. The summed E-state index contributed by atoms with van der Waals surface area (Å²) >= 11 is 0. The van der Waals surface area contributed by atoms with Gasteiger partial charge in [0.1, 0.15) is 5.60 Å². The van der Waals surface area contributed by atoms with E-state index in [9.17, 15) is 9.59 Å². The van der Waals surface area contributed by atoms with Crippen molar-refractivity contribution in [1.82, 2.24) is 4.90 Å². The topological polar surface area (TPSA) is 53.1 Å². The summed E-state index contributed by atoms with van der Waals surface area (Å²) in [6.07, 6.45) is 4.60. The van der Waals surface area contributed by atoms with Gasteiger partial charge in [-0.05, 0) is 76.6 Å². The van der Waals surface area contributed by atoms with Crippen LogP contribution in [0.15, 0.2) is 18.2 Å². The van der Waals surface area contributed by atoms with E-state index in [1.807, 2.05) is 25.7 Å². The van der Waals surface area contributed by atoms with E-state index in [0.717, 1.165) is 31.7 Å². The molecule has 2 saturated heterocycles. The van der Waals surface area contributed by atoms with Gasteiger partial charge in [-0.3, -0.25) is 4.79 Å². The second-order valence-electron chi connectivity index (χ2n) is 9.49. The van der Waals surface area contributed by atoms with E-state index in [0.29, 0.717) is 25.9 Å². The van der Waals surface area contributed by atoms with E-state index in [-0.39, 0.29) is 17.9 Å². The van der Waals surface area contributed by atoms with Crippen molar-refractivity contribution in [2.75, 3.05) is 42.5 Å². The summed E-state index contributed by atoms with van der Waals surface area (Å²) in [5.74, 6) is 0.194. The number of carbonyl (C=O) groups excluding carboxylic acids is 2. The number of benzene rings is 1. The molecule has 0 atom stereocenters. The number of piperidine rings is 1. The van der Waals surface area contributed by atoms with Crippen LogP contribution in [-0.2, 0) is 16.0 Å². The zero-order chi connectivity index (χ0) is 20.6. The van der Waals surface area contributed by atoms with Crippen LogP contribution in [0.25, 0.3) is 0 Å². The molecule has 0 saturated carbocycles. The lowest BCUT2D eigenvalue weighted by Crippen LogP contribution is -2.45. The Morgan fingerprint density at radius 2 is 1.69 bits per heavy atom. The van der Waals surface area contributed by atoms with Crippen molar-refractivity contribution in [3.63, 3.8) is 0 Å². The summed E-state index contributed by atoms with van der Waals surface area (Å²) in [5.41, 5.74) is 3.17. The van der Waals surface area contributed by atoms with Crippen LogP contribution in [0.1, 0.15) is 52.0 Å². The number of hydrogen-bond donors (Lipinski definition) is 0. The molecule has 4 rings (SSSR count). The van der Waals surface area contributed by atoms with Crippen LogP contribution in [0.2, 0.25) is 0 Å². The van der Waals surface area contributed by atoms with Crippen LogP contribution < -0.4 is 9.80 Å². The quantitative estimate of drug-likeness (QED) is 0.759. The van der Waals surface area contributed by atoms with E-state index >= 15 is 0 Å². The van der Waals surface area contributed by atoms with Gasteiger partial charge in [-0.25, -0.2) is 4.79 Å². The predicted octanol–water partition coefficient (Wildman–Crippen LogP) is 3.82. The number of ether oxygens (including phenoxy) is 1. The third-order valence-electron chi connectivity index (χ3n) is 6.19. The zero-order valence-electron chi connectivity index (χ0n) is 17.9. The summed E-state index contributed by atoms with van der Waals surface area (Å²) in [6.45, 7) is 9.84. The van der Waals surface area contributed by atoms with Gasteiger partial charge >= 0.3 is 6.09 Å². The molecule has 3 heterocycles. The lowest BCUT2D eigenvalue weighted by molar-refractivity contribution is -0.123. The molecule has 0 aromatic heterocycles. The monoisotopic (exact) mass is 399 g/mol. The van der Waals surface area contributed by atoms with Crippen molar-refractivity contribution in [2.24, 2.45) is 5.92 Å². The normalized spacial score (nSPS) is 20.2. The van der Waals surface area contributed by atoms with Gasteiger partial charge in [-0.1, -0.05) is 0 Å². The molecule has 158 valence electrons. The number of likely N-dealkylation sites (tertiary alicyclic amines) is 1. The van der Waals surface area contributed by atoms with E-state index in [1.54, 1.807) is 4.90 Å². The lowest BCUT2D eigenvalue weighted by Gasteiger charge is -2.34. The molecule has 6 heteroatoms. The molecular formula is C23H33N3O3. The third-order valence-corrected chi connectivity index (χ3v) is 6.19. The summed E-state index contributed by atoms with van der Waals surface area (Å²) in [6, 6.07) is 6.57. The van der Waals surface area contributed by atoms with E-state index in [1.165, 1.54) is 24.1 Å². The van der Waals surface area contributed by atoms with Crippen molar-refractivity contribution in [2.45, 2.75) is 58.5 Å². The molecule has 0 aliphatic carbocycles. The maximum Gasteiger partial charge on any atom is 0.410 e. The third kappa shape index (κ3) is 4.36. The standard InChI is InChI=1S/C23H33N3O3/c1-23(2,3)29-22(28)25-13-8-17(9-14-25)21(27)26-15-10-18-16-19(6-7-20(18)26)24-11-4-5-12-24/h6-7,16-17H,4-5,8-15H2,1-3H3. The fourth-order valence-corrected chi connectivity index (χ4v) is 4.65. The fraction of sp³-hybridized carbons (Fsp3) is 0.652. The summed E-state index contributed by atoms with van der Waals surface area (Å²) in [4.78, 5) is 31.6. The molecular weight excluding hydrogens is 366 g/mol. The Bertz CT molecular complexity index is 772. The molecule has 0 spiro atoms. The van der Waals surface area contributed by atoms with E-state index in [4.69, 9.17) is 4.74 Å². The van der Waals surface area contributed by atoms with Crippen LogP contribution in [-0.4, -0.2) is 55.2 Å². The molecule has 0 N–H and O–H groups in total. The first-order valence-corrected chi connectivity index (χ1v) is 11.0. The molecule has 2 fully saturated rings. The predicted molar refractivity (Wildman–Crippen MR) is 114 cm³/mol. The Labute approximate surface area is 173 Å². The van der Waals surface area contributed by atoms with Crippen molar-refractivity contribution in [3.8, 4) is 0 Å². The molecule has 2 amide bonds. The van der Waals surface area contributed by atoms with Crippen LogP contribution in [0.5, 0.6) is 0 Å². The van der Waals surface area contributed by atoms with Gasteiger partial charge in [0.05, 0.1) is 0 Å². The Balaban J connectivity index is 1.36. The number of amides is 2. The van der Waals surface area contributed by atoms with E-state index in [2.05, 4.69) is 23.1 Å². The van der Waals surface area contributed by atoms with Gasteiger partial charge in [0.15, 0.2) is 0 Å². The smallest absolute Gasteiger partial charge is 0.410 e. The number of anilines is 2. The minimum atomic E-state index is -0.489. The highest BCUT2D eigenvalue weighted by Gasteiger charge is 2.34. The van der Waals surface area contributed by atoms with Crippen LogP contribution in [0, 0.1) is 5.92 Å². The molecule has 6 nitrogen and oxygen atoms in total. The van der Waals surface area contributed by atoms with Crippen molar-refractivity contribution < 1.29 is 14.3 Å². The fourth-order valence-electron chi connectivity index (χ4n) is 4.65. The molecule has 29 heavy (non-hydrogen) atoms. The van der Waals surface area contributed by atoms with Gasteiger partial charge in [0.25, 0.3) is 0 Å². The Kier molecular flexibility index (Phi) is 5.45. The Morgan fingerprint density at radius 3 is 2.34 bits per heavy atom. The average molecular weight is 400 g/mol. The molecule has 0 radical (unpaired) electrons. The largest absolute Gasteiger partial charge is 0.444 e. The number of nitrogens with zero attached hydrogens (tertiary/aromatic N) is 3. The highest BCUT2D eigenvalue weighted by atomic mass is 16.6. The Hall–Kier alpha value is -2.24. The molecule has 0 bridgehead atoms. The van der Waals surface area contributed by atoms with Crippen molar-refractivity contribution >= 4 is 23.4 Å². The minimum Gasteiger partial charge on any atom is -0.444 e. The van der Waals surface area contributed by atoms with Crippen molar-refractivity contribution in [3.05, 3.63) is 23.8 Å². The van der Waals surface area contributed by atoms with E-state index < -0.39 is 5.60 Å². The second kappa shape index (κ2) is 7.88. The number of carbonyl (C=O) groups is 2. The molecule has 3 aliphatic heterocycles. The van der Waals surface area contributed by atoms with Gasteiger partial charge in [-0.15, -0.1) is 0 Å². The van der Waals surface area contributed by atoms with Gasteiger partial charge < -0.3 is 19.4 Å². The van der Waals surface area contributed by atoms with Crippen LogP contribution in [0.4, 0.5) is 16.2 Å². The zero-order valence-corrected chi connectivity index (χ0v) is 17.9. The summed E-state index contributed by atoms with van der Waals surface area (Å²) < 4.78 is 5.46. The minimum absolute atomic E-state index is 0.0158. The number of hydrogen-bond acceptors (Lipinski definition) is 4. The molecule has 0 unspecified atom stereocenters. The Morgan fingerprint density at radius 1 is 1.00 bits per heavy atom. The van der Waals surface area contributed by atoms with Crippen LogP contribution >= 0.6 is 0 Å². The first-order chi connectivity index (χ1) is 13.8. The number of fused-ring (bicyclic) bond motifs is 1. The maximum atomic E-state index is 13.2. The first kappa shape index (κ1) is 20.0. The first-order valence-electron chi connectivity index (χ1n) is 11.0. The molecule has 3 aliphatic rings. The van der Waals surface area contributed by atoms with Crippen molar-refractivity contribution in [1.29, 1.82) is 0 Å². The summed E-state index contributed by atoms with van der Waals surface area (Å²) in [5, 5.41) is 0. The second-order valence-corrected chi connectivity index (χ2v) is 9.49. The maximum absolute atomic E-state index is 13.2. The van der Waals surface area contributed by atoms with Gasteiger partial charge in [0.2, 0.25) is 5.91 Å². The highest BCUT2D eigenvalue weighted by molar-refractivity contribution is 5.97. The number of rotatable bonds is 2. The van der Waals surface area contributed by atoms with Gasteiger partial charge in [-0.2, -0.15) is 0 Å². The average Bonchev–Trinajstić information content (AvgIpc) is 3.35. The van der Waals surface area contributed by atoms with Crippen LogP contribution in [0.3, 0.4) is 0 Å². The van der Waals surface area contributed by atoms with Gasteiger partial charge in [0, 0.05) is 50.0 Å². The highest BCUT2D eigenvalue weighted by Crippen LogP contribution is 2.35.